The van der Waals surface area contributed by atoms with Gasteiger partial charge in [0.1, 0.15) is 13.2 Å². The Morgan fingerprint density at radius 1 is 0.268 bits per heavy atom. The largest absolute Gasteiger partial charge is 0.462 e. The van der Waals surface area contributed by atoms with Gasteiger partial charge in [0, 0.05) is 12.8 Å². The molecule has 476 valence electrons. The first kappa shape index (κ1) is 78.8. The van der Waals surface area contributed by atoms with E-state index in [1.807, 2.05) is 12.2 Å². The van der Waals surface area contributed by atoms with Crippen molar-refractivity contribution in [1.82, 2.24) is 0 Å². The summed E-state index contributed by atoms with van der Waals surface area (Å²) in [5, 5.41) is 0. The average Bonchev–Trinajstić information content (AvgIpc) is 3.47. The summed E-state index contributed by atoms with van der Waals surface area (Å²) in [6.45, 7) is 6.49. The summed E-state index contributed by atoms with van der Waals surface area (Å²) in [6, 6.07) is 0. The summed E-state index contributed by atoms with van der Waals surface area (Å²) in [5.74, 6) is -1.01. The Morgan fingerprint density at radius 3 is 0.841 bits per heavy atom. The van der Waals surface area contributed by atoms with Crippen LogP contribution < -0.4 is 0 Å². The van der Waals surface area contributed by atoms with Gasteiger partial charge >= 0.3 is 17.9 Å². The molecule has 0 spiro atoms. The first-order valence-electron chi connectivity index (χ1n) is 35.9. The summed E-state index contributed by atoms with van der Waals surface area (Å²) in [7, 11) is 0. The zero-order chi connectivity index (χ0) is 59.2. The van der Waals surface area contributed by atoms with Crippen LogP contribution in [0.3, 0.4) is 0 Å². The third-order valence-electron chi connectivity index (χ3n) is 16.0. The number of esters is 3. The number of hydrogen-bond donors (Lipinski definition) is 0. The number of allylic oxidation sites excluding steroid dienone is 11. The van der Waals surface area contributed by atoms with Crippen LogP contribution in [-0.4, -0.2) is 37.2 Å². The minimum atomic E-state index is -0.813. The third-order valence-corrected chi connectivity index (χ3v) is 16.0. The van der Waals surface area contributed by atoms with E-state index in [1.54, 1.807) is 0 Å². The standard InChI is InChI=1S/C76H136O6/c1-4-7-10-13-16-19-22-25-28-30-31-32-33-34-35-36-37-38-39-40-41-42-43-44-45-46-49-51-54-57-60-63-66-69-75(78)81-72-73(71-80-74(77)68-65-62-59-56-53-50-47-27-24-21-18-15-12-9-6-3)82-76(79)70-67-64-61-58-55-52-48-29-26-23-20-17-14-11-8-5-2/h9,12,18,21,27,30-31,47,53,56,62,65,73H,4-8,10-11,13-17,19-20,22-26,28-29,32-46,48-52,54-55,57-61,63-64,66-72H2,1-3H3/b12-9-,21-18-,31-30-,47-27-,56-53-,65-62-. The predicted molar refractivity (Wildman–Crippen MR) is 358 cm³/mol. The Labute approximate surface area is 510 Å². The van der Waals surface area contributed by atoms with Gasteiger partial charge in [0.2, 0.25) is 0 Å². The van der Waals surface area contributed by atoms with Gasteiger partial charge in [0.25, 0.3) is 0 Å². The van der Waals surface area contributed by atoms with Crippen molar-refractivity contribution in [2.24, 2.45) is 0 Å². The number of rotatable bonds is 66. The van der Waals surface area contributed by atoms with E-state index >= 15 is 0 Å². The molecular formula is C76H136O6. The SMILES string of the molecule is CC/C=C\C/C=C\C/C=C\C/C=C\C/C=C\CC(=O)OCC(COC(=O)CCCCCCCCCCCCCCCCCCCCCCC/C=C\CCCCCCCCCC)OC(=O)CCCCCCCCCCCCCCCCCC. The normalized spacial score (nSPS) is 12.5. The topological polar surface area (TPSA) is 78.9 Å². The Hall–Kier alpha value is -3.15. The number of carbonyl (C=O) groups is 3. The summed E-state index contributed by atoms with van der Waals surface area (Å²) >= 11 is 0. The molecule has 1 unspecified atom stereocenters. The van der Waals surface area contributed by atoms with Crippen LogP contribution in [0, 0.1) is 0 Å². The lowest BCUT2D eigenvalue weighted by Crippen LogP contribution is -2.30. The maximum atomic E-state index is 12.9. The molecule has 0 aromatic rings. The summed E-state index contributed by atoms with van der Waals surface area (Å²) in [4.78, 5) is 38.3. The van der Waals surface area contributed by atoms with Gasteiger partial charge in [-0.1, -0.05) is 357 Å². The Bertz CT molecular complexity index is 1500. The van der Waals surface area contributed by atoms with Gasteiger partial charge in [-0.25, -0.2) is 0 Å². The van der Waals surface area contributed by atoms with E-state index < -0.39 is 12.1 Å². The fourth-order valence-electron chi connectivity index (χ4n) is 10.6. The minimum absolute atomic E-state index is 0.100. The quantitative estimate of drug-likeness (QED) is 0.0261. The maximum absolute atomic E-state index is 12.9. The lowest BCUT2D eigenvalue weighted by atomic mass is 10.0. The van der Waals surface area contributed by atoms with Crippen LogP contribution >= 0.6 is 0 Å². The summed E-state index contributed by atoms with van der Waals surface area (Å²) in [6.07, 6.45) is 92.7. The molecule has 0 aliphatic rings. The van der Waals surface area contributed by atoms with E-state index in [0.29, 0.717) is 12.8 Å². The molecule has 0 fully saturated rings. The van der Waals surface area contributed by atoms with Gasteiger partial charge in [0.05, 0.1) is 6.42 Å². The van der Waals surface area contributed by atoms with E-state index in [1.165, 1.54) is 263 Å². The molecule has 6 heteroatoms. The van der Waals surface area contributed by atoms with Gasteiger partial charge < -0.3 is 14.2 Å². The highest BCUT2D eigenvalue weighted by Crippen LogP contribution is 2.18. The maximum Gasteiger partial charge on any atom is 0.309 e. The highest BCUT2D eigenvalue weighted by atomic mass is 16.6. The summed E-state index contributed by atoms with van der Waals surface area (Å²) in [5.41, 5.74) is 0. The molecule has 82 heavy (non-hydrogen) atoms. The van der Waals surface area contributed by atoms with Crippen molar-refractivity contribution in [2.45, 2.75) is 380 Å². The van der Waals surface area contributed by atoms with Gasteiger partial charge in [-0.3, -0.25) is 14.4 Å². The smallest absolute Gasteiger partial charge is 0.309 e. The zero-order valence-electron chi connectivity index (χ0n) is 54.8. The number of carbonyl (C=O) groups excluding carboxylic acids is 3. The van der Waals surface area contributed by atoms with Crippen LogP contribution in [0.25, 0.3) is 0 Å². The molecule has 0 radical (unpaired) electrons. The second-order valence-electron chi connectivity index (χ2n) is 24.1. The second kappa shape index (κ2) is 70.3. The molecule has 0 heterocycles. The zero-order valence-corrected chi connectivity index (χ0v) is 54.8. The molecule has 0 saturated heterocycles. The predicted octanol–water partition coefficient (Wildman–Crippen LogP) is 24.8. The average molecular weight is 1150 g/mol. The molecular weight excluding hydrogens is 1010 g/mol. The highest BCUT2D eigenvalue weighted by Gasteiger charge is 2.19. The first-order chi connectivity index (χ1) is 40.5. The van der Waals surface area contributed by atoms with Crippen molar-refractivity contribution in [3.05, 3.63) is 72.9 Å². The Kier molecular flexibility index (Phi) is 67.6. The fraction of sp³-hybridized carbons (Fsp3) is 0.803. The molecule has 0 aromatic carbocycles. The van der Waals surface area contributed by atoms with Crippen LogP contribution in [0.4, 0.5) is 0 Å². The van der Waals surface area contributed by atoms with Crippen LogP contribution in [0.2, 0.25) is 0 Å². The first-order valence-corrected chi connectivity index (χ1v) is 35.9. The lowest BCUT2D eigenvalue weighted by Gasteiger charge is -2.18. The van der Waals surface area contributed by atoms with Crippen LogP contribution in [0.5, 0.6) is 0 Å². The van der Waals surface area contributed by atoms with Crippen LogP contribution in [-0.2, 0) is 28.6 Å². The number of unbranched alkanes of at least 4 members (excludes halogenated alkanes) is 44. The van der Waals surface area contributed by atoms with Crippen molar-refractivity contribution < 1.29 is 28.6 Å². The fourth-order valence-corrected chi connectivity index (χ4v) is 10.6. The molecule has 1 atom stereocenters. The molecule has 0 bridgehead atoms. The minimum Gasteiger partial charge on any atom is -0.462 e. The number of hydrogen-bond acceptors (Lipinski definition) is 6. The Balaban J connectivity index is 4.18. The van der Waals surface area contributed by atoms with E-state index in [2.05, 4.69) is 81.5 Å². The number of ether oxygens (including phenoxy) is 3. The van der Waals surface area contributed by atoms with Crippen molar-refractivity contribution >= 4 is 17.9 Å². The van der Waals surface area contributed by atoms with Crippen molar-refractivity contribution in [1.29, 1.82) is 0 Å². The van der Waals surface area contributed by atoms with Crippen molar-refractivity contribution in [3.8, 4) is 0 Å². The second-order valence-corrected chi connectivity index (χ2v) is 24.1. The summed E-state index contributed by atoms with van der Waals surface area (Å²) < 4.78 is 16.9. The van der Waals surface area contributed by atoms with Gasteiger partial charge in [-0.2, -0.15) is 0 Å². The highest BCUT2D eigenvalue weighted by molar-refractivity contribution is 5.72. The van der Waals surface area contributed by atoms with E-state index in [9.17, 15) is 14.4 Å². The van der Waals surface area contributed by atoms with Crippen molar-refractivity contribution in [2.75, 3.05) is 13.2 Å². The molecule has 0 rings (SSSR count). The van der Waals surface area contributed by atoms with Gasteiger partial charge in [-0.05, 0) is 70.6 Å². The van der Waals surface area contributed by atoms with E-state index in [0.717, 1.165) is 70.6 Å². The lowest BCUT2D eigenvalue weighted by molar-refractivity contribution is -0.166. The van der Waals surface area contributed by atoms with Crippen LogP contribution in [0.1, 0.15) is 374 Å². The molecule has 0 aliphatic carbocycles. The molecule has 6 nitrogen and oxygen atoms in total. The molecule has 0 amide bonds. The van der Waals surface area contributed by atoms with Crippen LogP contribution in [0.15, 0.2) is 72.9 Å². The van der Waals surface area contributed by atoms with E-state index in [4.69, 9.17) is 14.2 Å². The molecule has 0 aromatic heterocycles. The van der Waals surface area contributed by atoms with Crippen molar-refractivity contribution in [3.63, 3.8) is 0 Å². The molecule has 0 N–H and O–H groups in total. The van der Waals surface area contributed by atoms with Gasteiger partial charge in [0.15, 0.2) is 6.10 Å². The monoisotopic (exact) mass is 1150 g/mol. The third kappa shape index (κ3) is 67.6. The Morgan fingerprint density at radius 2 is 0.524 bits per heavy atom. The van der Waals surface area contributed by atoms with E-state index in [-0.39, 0.29) is 31.6 Å². The molecule has 0 aliphatic heterocycles. The molecule has 0 saturated carbocycles. The van der Waals surface area contributed by atoms with Gasteiger partial charge in [-0.15, -0.1) is 0 Å².